The highest BCUT2D eigenvalue weighted by Crippen LogP contribution is 2.21. The number of allylic oxidation sites excluding steroid dienone is 2. The van der Waals surface area contributed by atoms with Crippen LogP contribution < -0.4 is 5.73 Å². The van der Waals surface area contributed by atoms with Crippen LogP contribution in [0.4, 0.5) is 5.82 Å². The monoisotopic (exact) mass is 230 g/mol. The number of nitrogens with zero attached hydrogens (tertiary/aromatic N) is 1. The molecule has 0 unspecified atom stereocenters. The Hall–Kier alpha value is -1.64. The number of nitrogen functional groups attached to an aromatic ring is 1. The van der Waals surface area contributed by atoms with Crippen molar-refractivity contribution in [3.8, 4) is 0 Å². The minimum Gasteiger partial charge on any atom is -0.383 e. The molecule has 0 amide bonds. The topological polar surface area (TPSA) is 56.0 Å². The average Bonchev–Trinajstić information content (AvgIpc) is 2.33. The van der Waals surface area contributed by atoms with Gasteiger partial charge in [0.05, 0.1) is 0 Å². The second-order valence-electron chi connectivity index (χ2n) is 4.55. The fourth-order valence-corrected chi connectivity index (χ4v) is 2.19. The quantitative estimate of drug-likeness (QED) is 0.809. The molecule has 0 aromatic carbocycles. The molecule has 2 N–H and O–H groups in total. The highest BCUT2D eigenvalue weighted by Gasteiger charge is 2.11. The van der Waals surface area contributed by atoms with E-state index in [0.717, 1.165) is 18.4 Å². The van der Waals surface area contributed by atoms with Gasteiger partial charge in [-0.25, -0.2) is 4.98 Å². The summed E-state index contributed by atoms with van der Waals surface area (Å²) >= 11 is 0. The fraction of sp³-hybridized carbons (Fsp3) is 0.429. The molecule has 1 aromatic heterocycles. The van der Waals surface area contributed by atoms with Crippen LogP contribution in [0.25, 0.3) is 0 Å². The van der Waals surface area contributed by atoms with Crippen LogP contribution >= 0.6 is 0 Å². The van der Waals surface area contributed by atoms with Gasteiger partial charge in [-0.3, -0.25) is 4.79 Å². The van der Waals surface area contributed by atoms with Crippen LogP contribution in [0.3, 0.4) is 0 Å². The van der Waals surface area contributed by atoms with Gasteiger partial charge in [0.1, 0.15) is 11.6 Å². The first-order chi connectivity index (χ1) is 8.25. The van der Waals surface area contributed by atoms with Crippen molar-refractivity contribution >= 4 is 11.6 Å². The summed E-state index contributed by atoms with van der Waals surface area (Å²) in [7, 11) is 0. The van der Waals surface area contributed by atoms with Gasteiger partial charge in [0.2, 0.25) is 0 Å². The Kier molecular flexibility index (Phi) is 3.91. The summed E-state index contributed by atoms with van der Waals surface area (Å²) in [5, 5.41) is 0. The first kappa shape index (κ1) is 11.8. The van der Waals surface area contributed by atoms with Crippen molar-refractivity contribution in [2.45, 2.75) is 38.5 Å². The van der Waals surface area contributed by atoms with Crippen LogP contribution in [0.2, 0.25) is 0 Å². The molecule has 0 fully saturated rings. The van der Waals surface area contributed by atoms with Gasteiger partial charge < -0.3 is 5.73 Å². The molecular formula is C14H18N2O. The summed E-state index contributed by atoms with van der Waals surface area (Å²) in [4.78, 5) is 15.9. The molecule has 1 aromatic rings. The summed E-state index contributed by atoms with van der Waals surface area (Å²) in [6.07, 6.45) is 9.51. The molecule has 0 radical (unpaired) electrons. The van der Waals surface area contributed by atoms with E-state index < -0.39 is 0 Å². The Morgan fingerprint density at radius 3 is 2.94 bits per heavy atom. The van der Waals surface area contributed by atoms with Crippen LogP contribution in [0.1, 0.15) is 37.7 Å². The Morgan fingerprint density at radius 1 is 1.35 bits per heavy atom. The number of nitrogens with two attached hydrogens (primary N) is 1. The Labute approximate surface area is 102 Å². The molecule has 1 aliphatic carbocycles. The van der Waals surface area contributed by atoms with Gasteiger partial charge in [0.15, 0.2) is 0 Å². The van der Waals surface area contributed by atoms with Crippen molar-refractivity contribution in [1.82, 2.24) is 4.98 Å². The summed E-state index contributed by atoms with van der Waals surface area (Å²) < 4.78 is 0. The number of aromatic nitrogens is 1. The second kappa shape index (κ2) is 5.62. The van der Waals surface area contributed by atoms with Crippen LogP contribution in [0.5, 0.6) is 0 Å². The van der Waals surface area contributed by atoms with Crippen molar-refractivity contribution in [2.24, 2.45) is 0 Å². The van der Waals surface area contributed by atoms with Gasteiger partial charge in [-0.2, -0.15) is 0 Å². The summed E-state index contributed by atoms with van der Waals surface area (Å²) in [6, 6.07) is 3.69. The maximum absolute atomic E-state index is 11.9. The molecule has 1 aliphatic rings. The Bertz CT molecular complexity index is 438. The Morgan fingerprint density at radius 2 is 2.24 bits per heavy atom. The van der Waals surface area contributed by atoms with E-state index in [1.165, 1.54) is 18.4 Å². The third kappa shape index (κ3) is 3.41. The first-order valence-corrected chi connectivity index (χ1v) is 6.14. The van der Waals surface area contributed by atoms with E-state index in [-0.39, 0.29) is 5.78 Å². The molecule has 0 saturated heterocycles. The van der Waals surface area contributed by atoms with Crippen molar-refractivity contribution in [3.05, 3.63) is 35.5 Å². The van der Waals surface area contributed by atoms with Gasteiger partial charge in [-0.05, 0) is 31.7 Å². The highest BCUT2D eigenvalue weighted by molar-refractivity contribution is 5.84. The maximum Gasteiger partial charge on any atom is 0.141 e. The van der Waals surface area contributed by atoms with Gasteiger partial charge in [-0.15, -0.1) is 0 Å². The number of Topliss-reactive ketones (excluding diaryl/α,β-unsaturated/α-hetero) is 1. The Balaban J connectivity index is 1.93. The molecule has 90 valence electrons. The SMILES string of the molecule is Nc1ncccc1CC(=O)CC1=CCCCC1. The number of hydrogen-bond acceptors (Lipinski definition) is 3. The van der Waals surface area contributed by atoms with E-state index in [0.29, 0.717) is 18.7 Å². The summed E-state index contributed by atoms with van der Waals surface area (Å²) in [6.45, 7) is 0. The minimum absolute atomic E-state index is 0.234. The lowest BCUT2D eigenvalue weighted by Crippen LogP contribution is -2.08. The molecule has 2 rings (SSSR count). The van der Waals surface area contributed by atoms with Crippen LogP contribution in [-0.4, -0.2) is 10.8 Å². The zero-order valence-corrected chi connectivity index (χ0v) is 9.98. The third-order valence-electron chi connectivity index (χ3n) is 3.12. The number of carbonyl (C=O) groups is 1. The number of anilines is 1. The zero-order valence-electron chi connectivity index (χ0n) is 9.98. The molecule has 0 saturated carbocycles. The molecule has 17 heavy (non-hydrogen) atoms. The largest absolute Gasteiger partial charge is 0.383 e. The lowest BCUT2D eigenvalue weighted by atomic mass is 9.94. The highest BCUT2D eigenvalue weighted by atomic mass is 16.1. The number of ketones is 1. The number of hydrogen-bond donors (Lipinski definition) is 1. The summed E-state index contributed by atoms with van der Waals surface area (Å²) in [5.41, 5.74) is 7.86. The standard InChI is InChI=1S/C14H18N2O/c15-14-12(7-4-8-16-14)10-13(17)9-11-5-2-1-3-6-11/h4-5,7-8H,1-3,6,9-10H2,(H2,15,16). The van der Waals surface area contributed by atoms with Crippen LogP contribution in [-0.2, 0) is 11.2 Å². The van der Waals surface area contributed by atoms with E-state index in [1.54, 1.807) is 6.20 Å². The minimum atomic E-state index is 0.234. The molecule has 3 nitrogen and oxygen atoms in total. The predicted molar refractivity (Wildman–Crippen MR) is 68.5 cm³/mol. The van der Waals surface area contributed by atoms with Crippen molar-refractivity contribution in [3.63, 3.8) is 0 Å². The second-order valence-corrected chi connectivity index (χ2v) is 4.55. The van der Waals surface area contributed by atoms with Gasteiger partial charge in [-0.1, -0.05) is 17.7 Å². The summed E-state index contributed by atoms with van der Waals surface area (Å²) in [5.74, 6) is 0.705. The lowest BCUT2D eigenvalue weighted by Gasteiger charge is -2.12. The van der Waals surface area contributed by atoms with E-state index >= 15 is 0 Å². The van der Waals surface area contributed by atoms with Gasteiger partial charge in [0, 0.05) is 24.6 Å². The number of pyridine rings is 1. The van der Waals surface area contributed by atoms with Crippen molar-refractivity contribution in [1.29, 1.82) is 0 Å². The maximum atomic E-state index is 11.9. The van der Waals surface area contributed by atoms with E-state index in [2.05, 4.69) is 11.1 Å². The third-order valence-corrected chi connectivity index (χ3v) is 3.12. The molecule has 1 heterocycles. The van der Waals surface area contributed by atoms with E-state index in [1.807, 2.05) is 12.1 Å². The smallest absolute Gasteiger partial charge is 0.141 e. The average molecular weight is 230 g/mol. The van der Waals surface area contributed by atoms with Crippen molar-refractivity contribution in [2.75, 3.05) is 5.73 Å². The van der Waals surface area contributed by atoms with E-state index in [4.69, 9.17) is 5.73 Å². The fourth-order valence-electron chi connectivity index (χ4n) is 2.19. The molecule has 0 bridgehead atoms. The van der Waals surface area contributed by atoms with E-state index in [9.17, 15) is 4.79 Å². The molecule has 0 atom stereocenters. The zero-order chi connectivity index (χ0) is 12.1. The molecule has 3 heteroatoms. The molecular weight excluding hydrogens is 212 g/mol. The van der Waals surface area contributed by atoms with Crippen molar-refractivity contribution < 1.29 is 4.79 Å². The van der Waals surface area contributed by atoms with Gasteiger partial charge in [0.25, 0.3) is 0 Å². The number of rotatable bonds is 4. The normalized spacial score (nSPS) is 15.4. The number of carbonyl (C=O) groups excluding carboxylic acids is 1. The molecule has 0 aliphatic heterocycles. The van der Waals surface area contributed by atoms with Crippen LogP contribution in [0, 0.1) is 0 Å². The van der Waals surface area contributed by atoms with Crippen LogP contribution in [0.15, 0.2) is 30.0 Å². The molecule has 0 spiro atoms. The lowest BCUT2D eigenvalue weighted by molar-refractivity contribution is -0.117. The predicted octanol–water partition coefficient (Wildman–Crippen LogP) is 2.67. The first-order valence-electron chi connectivity index (χ1n) is 6.14. The van der Waals surface area contributed by atoms with Gasteiger partial charge >= 0.3 is 0 Å².